The van der Waals surface area contributed by atoms with Gasteiger partial charge in [0.05, 0.1) is 15.4 Å². The molecule has 9 nitrogen and oxygen atoms in total. The number of rotatable bonds is 4. The van der Waals surface area contributed by atoms with Crippen LogP contribution in [0, 0.1) is 16.0 Å². The first-order chi connectivity index (χ1) is 11.3. The van der Waals surface area contributed by atoms with E-state index in [1.165, 1.54) is 0 Å². The zero-order valence-corrected chi connectivity index (χ0v) is 14.5. The lowest BCUT2D eigenvalue weighted by atomic mass is 9.81. The minimum absolute atomic E-state index is 0.0929. The summed E-state index contributed by atoms with van der Waals surface area (Å²) >= 11 is 0. The Morgan fingerprint density at radius 3 is 2.40 bits per heavy atom. The maximum absolute atomic E-state index is 12.6. The van der Waals surface area contributed by atoms with Gasteiger partial charge in [0.1, 0.15) is 0 Å². The zero-order chi connectivity index (χ0) is 19.2. The fourth-order valence-electron chi connectivity index (χ4n) is 2.66. The van der Waals surface area contributed by atoms with E-state index in [0.717, 1.165) is 24.5 Å². The van der Waals surface area contributed by atoms with Gasteiger partial charge in [-0.05, 0) is 26.0 Å². The molecule has 0 aromatic heterocycles. The summed E-state index contributed by atoms with van der Waals surface area (Å²) in [5.41, 5.74) is -2.05. The molecular formula is C15H16N2O7S. The molecule has 1 aliphatic heterocycles. The Bertz CT molecular complexity index is 882. The van der Waals surface area contributed by atoms with Crippen LogP contribution >= 0.6 is 0 Å². The molecule has 0 radical (unpaired) electrons. The van der Waals surface area contributed by atoms with Crippen molar-refractivity contribution < 1.29 is 27.7 Å². The van der Waals surface area contributed by atoms with Crippen LogP contribution in [-0.2, 0) is 19.4 Å². The monoisotopic (exact) mass is 368 g/mol. The van der Waals surface area contributed by atoms with Gasteiger partial charge >= 0.3 is 0 Å². The van der Waals surface area contributed by atoms with Gasteiger partial charge in [-0.1, -0.05) is 0 Å². The molecule has 25 heavy (non-hydrogen) atoms. The quantitative estimate of drug-likeness (QED) is 0.356. The van der Waals surface area contributed by atoms with Gasteiger partial charge in [0.15, 0.2) is 27.3 Å². The number of nitrogens with zero attached hydrogens (tertiary/aromatic N) is 1. The number of ketones is 2. The van der Waals surface area contributed by atoms with Gasteiger partial charge in [-0.15, -0.1) is 0 Å². The summed E-state index contributed by atoms with van der Waals surface area (Å²) in [6.07, 6.45) is 0.776. The fraction of sp³-hybridized carbons (Fsp3) is 0.400. The third kappa shape index (κ3) is 3.73. The number of sulfone groups is 1. The molecule has 0 aliphatic carbocycles. The highest BCUT2D eigenvalue weighted by Crippen LogP contribution is 2.29. The molecule has 10 heteroatoms. The fourth-order valence-corrected chi connectivity index (χ4v) is 3.30. The Labute approximate surface area is 143 Å². The maximum atomic E-state index is 12.6. The van der Waals surface area contributed by atoms with Crippen molar-refractivity contribution in [2.45, 2.75) is 30.7 Å². The van der Waals surface area contributed by atoms with E-state index < -0.39 is 54.9 Å². The molecule has 1 unspecified atom stereocenters. The molecule has 0 bridgehead atoms. The van der Waals surface area contributed by atoms with Crippen LogP contribution in [0.3, 0.4) is 0 Å². The molecule has 1 aliphatic rings. The Hall–Kier alpha value is -2.62. The number of nitro groups is 1. The molecule has 134 valence electrons. The van der Waals surface area contributed by atoms with Gasteiger partial charge in [0, 0.05) is 24.3 Å². The molecular weight excluding hydrogens is 352 g/mol. The van der Waals surface area contributed by atoms with Crippen molar-refractivity contribution in [3.05, 3.63) is 33.9 Å². The van der Waals surface area contributed by atoms with Crippen molar-refractivity contribution in [2.24, 2.45) is 5.92 Å². The summed E-state index contributed by atoms with van der Waals surface area (Å²) in [5.74, 6) is -4.17. The minimum Gasteiger partial charge on any atom is -0.350 e. The van der Waals surface area contributed by atoms with Gasteiger partial charge in [0.2, 0.25) is 5.91 Å². The van der Waals surface area contributed by atoms with Crippen LogP contribution in [0.25, 0.3) is 0 Å². The van der Waals surface area contributed by atoms with Gasteiger partial charge in [0.25, 0.3) is 5.69 Å². The number of nitro benzene ring substituents is 1. The highest BCUT2D eigenvalue weighted by molar-refractivity contribution is 7.90. The molecule has 1 aromatic carbocycles. The first-order valence-corrected chi connectivity index (χ1v) is 9.10. The molecule has 0 spiro atoms. The number of hydrogen-bond acceptors (Lipinski definition) is 7. The second-order valence-corrected chi connectivity index (χ2v) is 8.54. The van der Waals surface area contributed by atoms with Gasteiger partial charge in [-0.3, -0.25) is 24.5 Å². The predicted octanol–water partition coefficient (Wildman–Crippen LogP) is 0.665. The number of carbonyl (C=O) groups is 3. The molecule has 0 saturated carbocycles. The van der Waals surface area contributed by atoms with Crippen molar-refractivity contribution >= 4 is 33.0 Å². The lowest BCUT2D eigenvalue weighted by Crippen LogP contribution is -2.56. The van der Waals surface area contributed by atoms with Gasteiger partial charge in [-0.2, -0.15) is 0 Å². The van der Waals surface area contributed by atoms with E-state index in [0.29, 0.717) is 0 Å². The lowest BCUT2D eigenvalue weighted by Gasteiger charge is -2.33. The summed E-state index contributed by atoms with van der Waals surface area (Å²) in [5, 5.41) is 13.8. The van der Waals surface area contributed by atoms with E-state index in [1.807, 2.05) is 0 Å². The second-order valence-electron chi connectivity index (χ2n) is 6.52. The van der Waals surface area contributed by atoms with E-state index in [9.17, 15) is 32.9 Å². The third-order valence-corrected chi connectivity index (χ3v) is 4.89. The summed E-state index contributed by atoms with van der Waals surface area (Å²) in [7, 11) is -3.73. The van der Waals surface area contributed by atoms with E-state index in [-0.39, 0.29) is 11.3 Å². The van der Waals surface area contributed by atoms with Crippen molar-refractivity contribution in [3.63, 3.8) is 0 Å². The minimum atomic E-state index is -3.73. The average molecular weight is 368 g/mol. The molecule has 1 fully saturated rings. The molecule has 1 amide bonds. The number of amides is 1. The number of benzene rings is 1. The van der Waals surface area contributed by atoms with Crippen LogP contribution in [0.2, 0.25) is 0 Å². The summed E-state index contributed by atoms with van der Waals surface area (Å²) < 4.78 is 23.1. The molecule has 1 N–H and O–H groups in total. The summed E-state index contributed by atoms with van der Waals surface area (Å²) in [6.45, 7) is 3.24. The zero-order valence-electron chi connectivity index (χ0n) is 13.7. The number of carbonyl (C=O) groups excluding carboxylic acids is 3. The first-order valence-electron chi connectivity index (χ1n) is 7.21. The van der Waals surface area contributed by atoms with E-state index in [1.54, 1.807) is 13.8 Å². The first kappa shape index (κ1) is 18.7. The molecule has 1 saturated heterocycles. The SMILES string of the molecule is CC1(C)CC(=O)C(C(=O)c2ccc(S(C)(=O)=O)cc2[N+](=O)[O-])C(=O)N1. The predicted molar refractivity (Wildman–Crippen MR) is 85.9 cm³/mol. The molecule has 1 aromatic rings. The molecule has 1 heterocycles. The van der Waals surface area contributed by atoms with Gasteiger partial charge < -0.3 is 5.32 Å². The standard InChI is InChI=1S/C15H16N2O7S/c1-15(2)7-11(18)12(14(20)16-15)13(19)9-5-4-8(25(3,23)24)6-10(9)17(21)22/h4-6,12H,7H2,1-3H3,(H,16,20). The smallest absolute Gasteiger partial charge is 0.281 e. The lowest BCUT2D eigenvalue weighted by molar-refractivity contribution is -0.385. The maximum Gasteiger partial charge on any atom is 0.281 e. The Morgan fingerprint density at radius 1 is 1.32 bits per heavy atom. The largest absolute Gasteiger partial charge is 0.350 e. The highest BCUT2D eigenvalue weighted by atomic mass is 32.2. The van der Waals surface area contributed by atoms with Crippen LogP contribution in [0.5, 0.6) is 0 Å². The number of Topliss-reactive ketones (excluding diaryl/α,β-unsaturated/α-hetero) is 2. The Balaban J connectivity index is 2.51. The Morgan fingerprint density at radius 2 is 1.92 bits per heavy atom. The van der Waals surface area contributed by atoms with Crippen LogP contribution < -0.4 is 5.32 Å². The van der Waals surface area contributed by atoms with Crippen LogP contribution in [0.1, 0.15) is 30.6 Å². The topological polar surface area (TPSA) is 141 Å². The number of hydrogen-bond donors (Lipinski definition) is 1. The Kier molecular flexibility index (Phi) is 4.51. The molecule has 2 rings (SSSR count). The average Bonchev–Trinajstić information content (AvgIpc) is 2.43. The summed E-state index contributed by atoms with van der Waals surface area (Å²) in [4.78, 5) is 46.9. The number of nitrogens with one attached hydrogen (secondary N) is 1. The molecule has 1 atom stereocenters. The van der Waals surface area contributed by atoms with Crippen molar-refractivity contribution in [2.75, 3.05) is 6.26 Å². The van der Waals surface area contributed by atoms with Crippen LogP contribution in [0.15, 0.2) is 23.1 Å². The van der Waals surface area contributed by atoms with Crippen molar-refractivity contribution in [3.8, 4) is 0 Å². The summed E-state index contributed by atoms with van der Waals surface area (Å²) in [6, 6.07) is 2.74. The van der Waals surface area contributed by atoms with E-state index in [2.05, 4.69) is 5.32 Å². The third-order valence-electron chi connectivity index (χ3n) is 3.78. The van der Waals surface area contributed by atoms with Crippen LogP contribution in [-0.4, -0.2) is 42.6 Å². The second kappa shape index (κ2) is 6.03. The van der Waals surface area contributed by atoms with E-state index in [4.69, 9.17) is 0 Å². The highest BCUT2D eigenvalue weighted by Gasteiger charge is 2.44. The van der Waals surface area contributed by atoms with Crippen LogP contribution in [0.4, 0.5) is 5.69 Å². The van der Waals surface area contributed by atoms with Crippen molar-refractivity contribution in [1.82, 2.24) is 5.32 Å². The number of piperidine rings is 1. The van der Waals surface area contributed by atoms with Crippen molar-refractivity contribution in [1.29, 1.82) is 0 Å². The van der Waals surface area contributed by atoms with Gasteiger partial charge in [-0.25, -0.2) is 8.42 Å². The normalized spacial score (nSPS) is 20.0. The van der Waals surface area contributed by atoms with E-state index >= 15 is 0 Å².